The van der Waals surface area contributed by atoms with Gasteiger partial charge in [0.2, 0.25) is 0 Å². The summed E-state index contributed by atoms with van der Waals surface area (Å²) >= 11 is 0. The predicted molar refractivity (Wildman–Crippen MR) is 72.2 cm³/mol. The van der Waals surface area contributed by atoms with Crippen LogP contribution in [0.15, 0.2) is 60.7 Å². The summed E-state index contributed by atoms with van der Waals surface area (Å²) in [5.41, 5.74) is 0.464. The predicted octanol–water partition coefficient (Wildman–Crippen LogP) is 2.69. The van der Waals surface area contributed by atoms with Crippen molar-refractivity contribution in [3.05, 3.63) is 71.8 Å². The van der Waals surface area contributed by atoms with Crippen LogP contribution in [0, 0.1) is 0 Å². The second kappa shape index (κ2) is 5.34. The van der Waals surface area contributed by atoms with Crippen LogP contribution >= 0.6 is 0 Å². The van der Waals surface area contributed by atoms with Gasteiger partial charge in [0.15, 0.2) is 0 Å². The summed E-state index contributed by atoms with van der Waals surface area (Å²) in [6.07, 6.45) is -0.295. The van der Waals surface area contributed by atoms with Crippen LogP contribution in [0.25, 0.3) is 0 Å². The Hall–Kier alpha value is -1.64. The third-order valence-electron chi connectivity index (χ3n) is 3.09. The highest BCUT2D eigenvalue weighted by atomic mass is 16.3. The number of aliphatic hydroxyl groups is 2. The zero-order chi connectivity index (χ0) is 13.0. The number of aliphatic hydroxyl groups excluding tert-OH is 1. The quantitative estimate of drug-likeness (QED) is 0.865. The van der Waals surface area contributed by atoms with Gasteiger partial charge in [-0.05, 0) is 18.1 Å². The van der Waals surface area contributed by atoms with Gasteiger partial charge >= 0.3 is 0 Å². The van der Waals surface area contributed by atoms with Crippen LogP contribution in [0.5, 0.6) is 0 Å². The molecule has 0 fully saturated rings. The van der Waals surface area contributed by atoms with Gasteiger partial charge < -0.3 is 10.2 Å². The van der Waals surface area contributed by atoms with Crippen molar-refractivity contribution in [1.29, 1.82) is 0 Å². The normalized spacial score (nSPS) is 13.3. The van der Waals surface area contributed by atoms with Crippen LogP contribution in [-0.2, 0) is 5.60 Å². The van der Waals surface area contributed by atoms with Gasteiger partial charge in [0.1, 0.15) is 5.60 Å². The number of benzene rings is 2. The molecule has 2 N–H and O–H groups in total. The smallest absolute Gasteiger partial charge is 0.117 e. The summed E-state index contributed by atoms with van der Waals surface area (Å²) in [6, 6.07) is 18.9. The van der Waals surface area contributed by atoms with Crippen LogP contribution in [0.3, 0.4) is 0 Å². The molecule has 0 aliphatic heterocycles. The van der Waals surface area contributed by atoms with Gasteiger partial charge in [-0.1, -0.05) is 60.7 Å². The fourth-order valence-electron chi connectivity index (χ4n) is 2.26. The first-order valence-electron chi connectivity index (χ1n) is 6.14. The van der Waals surface area contributed by atoms with Gasteiger partial charge in [-0.25, -0.2) is 0 Å². The van der Waals surface area contributed by atoms with Crippen molar-refractivity contribution in [1.82, 2.24) is 0 Å². The van der Waals surface area contributed by atoms with Crippen molar-refractivity contribution < 1.29 is 10.2 Å². The molecule has 0 aliphatic rings. The Kier molecular flexibility index (Phi) is 3.80. The highest BCUT2D eigenvalue weighted by molar-refractivity contribution is 5.35. The lowest BCUT2D eigenvalue weighted by Gasteiger charge is -2.30. The lowest BCUT2D eigenvalue weighted by molar-refractivity contribution is 0.0238. The van der Waals surface area contributed by atoms with E-state index in [2.05, 4.69) is 0 Å². The Bertz CT molecular complexity index is 437. The largest absolute Gasteiger partial charge is 0.393 e. The first-order chi connectivity index (χ1) is 8.63. The van der Waals surface area contributed by atoms with E-state index in [0.717, 1.165) is 11.1 Å². The average molecular weight is 242 g/mol. The van der Waals surface area contributed by atoms with E-state index < -0.39 is 11.7 Å². The molecule has 0 aliphatic carbocycles. The highest BCUT2D eigenvalue weighted by Crippen LogP contribution is 2.33. The molecular weight excluding hydrogens is 224 g/mol. The molecule has 2 rings (SSSR count). The Morgan fingerprint density at radius 1 is 0.889 bits per heavy atom. The molecule has 94 valence electrons. The van der Waals surface area contributed by atoms with E-state index in [1.54, 1.807) is 6.92 Å². The lowest BCUT2D eigenvalue weighted by atomic mass is 9.82. The van der Waals surface area contributed by atoms with Crippen LogP contribution in [0.4, 0.5) is 0 Å². The fraction of sp³-hybridized carbons (Fsp3) is 0.250. The summed E-state index contributed by atoms with van der Waals surface area (Å²) in [5.74, 6) is 0. The molecule has 2 nitrogen and oxygen atoms in total. The van der Waals surface area contributed by atoms with Gasteiger partial charge in [-0.3, -0.25) is 0 Å². The van der Waals surface area contributed by atoms with Crippen LogP contribution < -0.4 is 0 Å². The van der Waals surface area contributed by atoms with Crippen molar-refractivity contribution in [3.63, 3.8) is 0 Å². The monoisotopic (exact) mass is 242 g/mol. The number of hydrogen-bond acceptors (Lipinski definition) is 2. The minimum absolute atomic E-state index is 0.279. The zero-order valence-corrected chi connectivity index (χ0v) is 10.5. The summed E-state index contributed by atoms with van der Waals surface area (Å²) in [5, 5.41) is 20.6. The Labute approximate surface area is 108 Å². The fourth-order valence-corrected chi connectivity index (χ4v) is 2.26. The molecule has 0 heterocycles. The average Bonchev–Trinajstić information content (AvgIpc) is 2.40. The standard InChI is InChI=1S/C16H18O2/c1-13(17)12-16(18,14-8-4-2-5-9-14)15-10-6-3-7-11-15/h2-11,13,17-18H,12H2,1H3. The van der Waals surface area contributed by atoms with Gasteiger partial charge in [0.25, 0.3) is 0 Å². The van der Waals surface area contributed by atoms with E-state index >= 15 is 0 Å². The van der Waals surface area contributed by atoms with Crippen LogP contribution in [-0.4, -0.2) is 16.3 Å². The number of rotatable bonds is 4. The summed E-state index contributed by atoms with van der Waals surface area (Å²) in [4.78, 5) is 0. The zero-order valence-electron chi connectivity index (χ0n) is 10.5. The van der Waals surface area contributed by atoms with Crippen molar-refractivity contribution in [2.45, 2.75) is 25.0 Å². The molecule has 18 heavy (non-hydrogen) atoms. The molecule has 0 bridgehead atoms. The van der Waals surface area contributed by atoms with E-state index in [-0.39, 0.29) is 6.42 Å². The molecule has 0 spiro atoms. The molecule has 0 saturated carbocycles. The van der Waals surface area contributed by atoms with Crippen LogP contribution in [0.1, 0.15) is 24.5 Å². The maximum absolute atomic E-state index is 11.0. The maximum atomic E-state index is 11.0. The molecule has 0 saturated heterocycles. The van der Waals surface area contributed by atoms with Crippen molar-refractivity contribution >= 4 is 0 Å². The van der Waals surface area contributed by atoms with E-state index in [0.29, 0.717) is 0 Å². The molecule has 0 radical (unpaired) electrons. The minimum atomic E-state index is -1.14. The molecule has 1 atom stereocenters. The Balaban J connectivity index is 2.48. The van der Waals surface area contributed by atoms with Crippen molar-refractivity contribution in [3.8, 4) is 0 Å². The molecule has 1 unspecified atom stereocenters. The van der Waals surface area contributed by atoms with E-state index in [1.807, 2.05) is 60.7 Å². The molecule has 0 amide bonds. The summed E-state index contributed by atoms with van der Waals surface area (Å²) in [7, 11) is 0. The number of hydrogen-bond donors (Lipinski definition) is 2. The van der Waals surface area contributed by atoms with Gasteiger partial charge in [-0.2, -0.15) is 0 Å². The Morgan fingerprint density at radius 3 is 1.61 bits per heavy atom. The Morgan fingerprint density at radius 2 is 1.28 bits per heavy atom. The van der Waals surface area contributed by atoms with Gasteiger partial charge in [0, 0.05) is 6.42 Å². The second-order valence-corrected chi connectivity index (χ2v) is 4.65. The second-order valence-electron chi connectivity index (χ2n) is 4.65. The maximum Gasteiger partial charge on any atom is 0.117 e. The van der Waals surface area contributed by atoms with Crippen LogP contribution in [0.2, 0.25) is 0 Å². The van der Waals surface area contributed by atoms with Crippen molar-refractivity contribution in [2.24, 2.45) is 0 Å². The van der Waals surface area contributed by atoms with E-state index in [9.17, 15) is 10.2 Å². The SMILES string of the molecule is CC(O)CC(O)(c1ccccc1)c1ccccc1. The van der Waals surface area contributed by atoms with E-state index in [1.165, 1.54) is 0 Å². The first kappa shape index (κ1) is 12.8. The third-order valence-corrected chi connectivity index (χ3v) is 3.09. The minimum Gasteiger partial charge on any atom is -0.393 e. The van der Waals surface area contributed by atoms with E-state index in [4.69, 9.17) is 0 Å². The molecular formula is C16H18O2. The first-order valence-corrected chi connectivity index (χ1v) is 6.14. The molecule has 0 aromatic heterocycles. The van der Waals surface area contributed by atoms with Crippen molar-refractivity contribution in [2.75, 3.05) is 0 Å². The lowest BCUT2D eigenvalue weighted by Crippen LogP contribution is -2.31. The van der Waals surface area contributed by atoms with Gasteiger partial charge in [-0.15, -0.1) is 0 Å². The topological polar surface area (TPSA) is 40.5 Å². The summed E-state index contributed by atoms with van der Waals surface area (Å²) in [6.45, 7) is 1.69. The highest BCUT2D eigenvalue weighted by Gasteiger charge is 2.32. The van der Waals surface area contributed by atoms with Gasteiger partial charge in [0.05, 0.1) is 6.10 Å². The summed E-state index contributed by atoms with van der Waals surface area (Å²) < 4.78 is 0. The molecule has 2 heteroatoms. The third kappa shape index (κ3) is 2.61. The molecule has 2 aromatic carbocycles. The molecule has 2 aromatic rings.